The summed E-state index contributed by atoms with van der Waals surface area (Å²) in [4.78, 5) is 12.2. The van der Waals surface area contributed by atoms with E-state index in [9.17, 15) is 4.79 Å². The second-order valence-electron chi connectivity index (χ2n) is 4.29. The van der Waals surface area contributed by atoms with Crippen molar-refractivity contribution in [3.63, 3.8) is 0 Å². The molecule has 0 aromatic carbocycles. The van der Waals surface area contributed by atoms with E-state index in [0.29, 0.717) is 22.7 Å². The van der Waals surface area contributed by atoms with Crippen LogP contribution in [0.5, 0.6) is 0 Å². The van der Waals surface area contributed by atoms with E-state index in [1.54, 1.807) is 21.3 Å². The maximum atomic E-state index is 12.2. The lowest BCUT2D eigenvalue weighted by Crippen LogP contribution is -2.20. The Morgan fingerprint density at radius 1 is 1.24 bits per heavy atom. The van der Waals surface area contributed by atoms with Crippen molar-refractivity contribution in [2.75, 3.05) is 0 Å². The first-order valence-electron chi connectivity index (χ1n) is 5.56. The van der Waals surface area contributed by atoms with Crippen LogP contribution in [0.3, 0.4) is 0 Å². The van der Waals surface area contributed by atoms with Gasteiger partial charge in [-0.15, -0.1) is 10.2 Å². The summed E-state index contributed by atoms with van der Waals surface area (Å²) in [5, 5.41) is 12.1. The normalized spacial score (nSPS) is 15.8. The standard InChI is InChI=1S/C11H9N5O/c17-11-10-8(4-6-15(11)7-1-2-7)16-9(13-14-10)3-5-12-16/h3-7H,1-2H2. The van der Waals surface area contributed by atoms with Crippen molar-refractivity contribution in [1.29, 1.82) is 0 Å². The van der Waals surface area contributed by atoms with Crippen molar-refractivity contribution in [2.24, 2.45) is 0 Å². The number of hydrogen-bond acceptors (Lipinski definition) is 4. The van der Waals surface area contributed by atoms with Gasteiger partial charge in [-0.1, -0.05) is 0 Å². The largest absolute Gasteiger partial charge is 0.310 e. The summed E-state index contributed by atoms with van der Waals surface area (Å²) in [6, 6.07) is 3.99. The highest BCUT2D eigenvalue weighted by molar-refractivity contribution is 5.74. The molecule has 0 N–H and O–H groups in total. The van der Waals surface area contributed by atoms with Crippen LogP contribution in [-0.4, -0.2) is 24.4 Å². The maximum absolute atomic E-state index is 12.2. The molecule has 1 fully saturated rings. The number of hydrogen-bond donors (Lipinski definition) is 0. The second-order valence-corrected chi connectivity index (χ2v) is 4.29. The molecule has 3 heterocycles. The molecule has 17 heavy (non-hydrogen) atoms. The van der Waals surface area contributed by atoms with E-state index >= 15 is 0 Å². The summed E-state index contributed by atoms with van der Waals surface area (Å²) in [6.07, 6.45) is 5.62. The fraction of sp³-hybridized carbons (Fsp3) is 0.273. The minimum Gasteiger partial charge on any atom is -0.310 e. The molecule has 0 saturated heterocycles. The zero-order chi connectivity index (χ0) is 11.4. The van der Waals surface area contributed by atoms with Crippen LogP contribution in [0.15, 0.2) is 29.3 Å². The molecule has 0 radical (unpaired) electrons. The number of rotatable bonds is 1. The maximum Gasteiger partial charge on any atom is 0.280 e. The van der Waals surface area contributed by atoms with E-state index in [1.807, 2.05) is 12.3 Å². The van der Waals surface area contributed by atoms with Crippen molar-refractivity contribution in [2.45, 2.75) is 18.9 Å². The smallest absolute Gasteiger partial charge is 0.280 e. The molecule has 3 aromatic heterocycles. The topological polar surface area (TPSA) is 65.1 Å². The van der Waals surface area contributed by atoms with Gasteiger partial charge in [-0.3, -0.25) is 4.79 Å². The third-order valence-corrected chi connectivity index (χ3v) is 3.12. The summed E-state index contributed by atoms with van der Waals surface area (Å²) < 4.78 is 3.38. The first kappa shape index (κ1) is 8.86. The lowest BCUT2D eigenvalue weighted by molar-refractivity contribution is 0.709. The third-order valence-electron chi connectivity index (χ3n) is 3.12. The summed E-state index contributed by atoms with van der Waals surface area (Å²) >= 11 is 0. The molecule has 6 nitrogen and oxygen atoms in total. The molecule has 0 aliphatic heterocycles. The summed E-state index contributed by atoms with van der Waals surface area (Å²) in [6.45, 7) is 0. The number of pyridine rings is 1. The van der Waals surface area contributed by atoms with Crippen LogP contribution >= 0.6 is 0 Å². The molecule has 1 saturated carbocycles. The molecule has 0 atom stereocenters. The van der Waals surface area contributed by atoms with Crippen molar-refractivity contribution in [1.82, 2.24) is 24.4 Å². The molecular formula is C11H9N5O. The van der Waals surface area contributed by atoms with E-state index in [-0.39, 0.29) is 5.56 Å². The Morgan fingerprint density at radius 3 is 2.94 bits per heavy atom. The number of aromatic nitrogens is 5. The first-order valence-corrected chi connectivity index (χ1v) is 5.56. The Hall–Kier alpha value is -2.24. The minimum absolute atomic E-state index is 0.0742. The van der Waals surface area contributed by atoms with Crippen LogP contribution in [-0.2, 0) is 0 Å². The first-order chi connectivity index (χ1) is 8.34. The van der Waals surface area contributed by atoms with Gasteiger partial charge in [0.05, 0.1) is 6.20 Å². The molecule has 6 heteroatoms. The van der Waals surface area contributed by atoms with E-state index in [2.05, 4.69) is 15.3 Å². The van der Waals surface area contributed by atoms with Crippen LogP contribution in [0, 0.1) is 0 Å². The van der Waals surface area contributed by atoms with Gasteiger partial charge >= 0.3 is 0 Å². The van der Waals surface area contributed by atoms with Crippen molar-refractivity contribution >= 4 is 16.7 Å². The Bertz CT molecular complexity index is 783. The average Bonchev–Trinajstić information content (AvgIpc) is 3.06. The highest BCUT2D eigenvalue weighted by Gasteiger charge is 2.25. The monoisotopic (exact) mass is 227 g/mol. The number of fused-ring (bicyclic) bond motifs is 3. The zero-order valence-electron chi connectivity index (χ0n) is 8.95. The molecule has 0 spiro atoms. The Balaban J connectivity index is 2.17. The predicted octanol–water partition coefficient (Wildman–Crippen LogP) is 0.774. The predicted molar refractivity (Wildman–Crippen MR) is 60.8 cm³/mol. The highest BCUT2D eigenvalue weighted by Crippen LogP contribution is 2.33. The van der Waals surface area contributed by atoms with Gasteiger partial charge in [0.1, 0.15) is 5.52 Å². The van der Waals surface area contributed by atoms with E-state index in [4.69, 9.17) is 0 Å². The summed E-state index contributed by atoms with van der Waals surface area (Å²) in [5.74, 6) is 0. The van der Waals surface area contributed by atoms with Crippen LogP contribution in [0.4, 0.5) is 0 Å². The van der Waals surface area contributed by atoms with E-state index in [0.717, 1.165) is 12.8 Å². The molecule has 84 valence electrons. The minimum atomic E-state index is -0.0742. The average molecular weight is 227 g/mol. The van der Waals surface area contributed by atoms with Gasteiger partial charge in [0.25, 0.3) is 5.56 Å². The summed E-state index contributed by atoms with van der Waals surface area (Å²) in [7, 11) is 0. The lowest BCUT2D eigenvalue weighted by Gasteiger charge is -2.04. The van der Waals surface area contributed by atoms with Gasteiger partial charge in [-0.25, -0.2) is 4.52 Å². The van der Waals surface area contributed by atoms with Gasteiger partial charge in [0.15, 0.2) is 11.2 Å². The van der Waals surface area contributed by atoms with Crippen LogP contribution in [0.2, 0.25) is 0 Å². The van der Waals surface area contributed by atoms with Gasteiger partial charge in [-0.05, 0) is 18.9 Å². The SMILES string of the molecule is O=c1c2nnc3ccnn3c2ccn1C1CC1. The molecular weight excluding hydrogens is 218 g/mol. The Kier molecular flexibility index (Phi) is 1.52. The van der Waals surface area contributed by atoms with Crippen molar-refractivity contribution in [3.05, 3.63) is 34.9 Å². The van der Waals surface area contributed by atoms with Crippen LogP contribution in [0.25, 0.3) is 16.7 Å². The fourth-order valence-corrected chi connectivity index (χ4v) is 2.09. The van der Waals surface area contributed by atoms with Crippen LogP contribution < -0.4 is 5.56 Å². The summed E-state index contributed by atoms with van der Waals surface area (Å²) in [5.41, 5.74) is 1.67. The molecule has 3 aromatic rings. The molecule has 0 amide bonds. The van der Waals surface area contributed by atoms with Gasteiger partial charge in [0.2, 0.25) is 0 Å². The van der Waals surface area contributed by atoms with Crippen LogP contribution in [0.1, 0.15) is 18.9 Å². The fourth-order valence-electron chi connectivity index (χ4n) is 2.09. The zero-order valence-corrected chi connectivity index (χ0v) is 8.95. The van der Waals surface area contributed by atoms with Gasteiger partial charge in [0, 0.05) is 18.3 Å². The van der Waals surface area contributed by atoms with E-state index in [1.165, 1.54) is 0 Å². The molecule has 0 bridgehead atoms. The highest BCUT2D eigenvalue weighted by atomic mass is 16.1. The molecule has 0 unspecified atom stereocenters. The lowest BCUT2D eigenvalue weighted by atomic mass is 10.3. The Morgan fingerprint density at radius 2 is 2.12 bits per heavy atom. The molecule has 4 rings (SSSR count). The quantitative estimate of drug-likeness (QED) is 0.616. The third kappa shape index (κ3) is 1.15. The molecule has 1 aliphatic carbocycles. The van der Waals surface area contributed by atoms with Crippen molar-refractivity contribution in [3.8, 4) is 0 Å². The second kappa shape index (κ2) is 2.91. The molecule has 1 aliphatic rings. The van der Waals surface area contributed by atoms with Gasteiger partial charge < -0.3 is 4.57 Å². The van der Waals surface area contributed by atoms with Crippen molar-refractivity contribution < 1.29 is 0 Å². The van der Waals surface area contributed by atoms with Gasteiger partial charge in [-0.2, -0.15) is 5.10 Å². The number of nitrogens with zero attached hydrogens (tertiary/aromatic N) is 5. The Labute approximate surface area is 95.5 Å². The van der Waals surface area contributed by atoms with E-state index < -0.39 is 0 Å².